The second-order valence-electron chi connectivity index (χ2n) is 9.03. The van der Waals surface area contributed by atoms with Crippen molar-refractivity contribution in [2.24, 2.45) is 4.99 Å². The second kappa shape index (κ2) is 10.7. The molecule has 1 unspecified atom stereocenters. The van der Waals surface area contributed by atoms with E-state index in [9.17, 15) is 19.5 Å². The molecule has 9 nitrogen and oxygen atoms in total. The average Bonchev–Trinajstić information content (AvgIpc) is 3.21. The lowest BCUT2D eigenvalue weighted by Crippen LogP contribution is -2.59. The molecule has 0 bridgehead atoms. The van der Waals surface area contributed by atoms with Crippen LogP contribution in [0, 0.1) is 0 Å². The fraction of sp³-hybridized carbons (Fsp3) is 0.280. The van der Waals surface area contributed by atoms with E-state index in [1.807, 2.05) is 0 Å². The third-order valence-corrected chi connectivity index (χ3v) is 5.57. The van der Waals surface area contributed by atoms with Crippen LogP contribution in [-0.4, -0.2) is 48.1 Å². The number of carboxylic acid groups (broad SMARTS) is 1. The number of carbonyl (C=O) groups is 3. The lowest BCUT2D eigenvalue weighted by atomic mass is 10.2. The number of quaternary nitrogens is 1. The summed E-state index contributed by atoms with van der Waals surface area (Å²) in [4.78, 5) is 42.6. The fourth-order valence-electron chi connectivity index (χ4n) is 3.43. The summed E-state index contributed by atoms with van der Waals surface area (Å²) in [6, 6.07) is 10.2. The first-order chi connectivity index (χ1) is 16.8. The molecular formula is C25H25Cl2N3O6. The van der Waals surface area contributed by atoms with Crippen molar-refractivity contribution < 1.29 is 29.0 Å². The molecule has 1 atom stereocenters. The van der Waals surface area contributed by atoms with Crippen LogP contribution in [0.15, 0.2) is 59.9 Å². The molecule has 0 N–H and O–H groups in total. The minimum absolute atomic E-state index is 0.142. The number of aliphatic imine (C=N–C) groups is 1. The van der Waals surface area contributed by atoms with E-state index >= 15 is 0 Å². The molecule has 0 aromatic heterocycles. The number of benzene rings is 2. The maximum Gasteiger partial charge on any atom is 0.410 e. The van der Waals surface area contributed by atoms with Gasteiger partial charge in [0.15, 0.2) is 0 Å². The highest BCUT2D eigenvalue weighted by molar-refractivity contribution is 6.35. The van der Waals surface area contributed by atoms with Crippen LogP contribution < -0.4 is 14.3 Å². The first-order valence-corrected chi connectivity index (χ1v) is 11.7. The van der Waals surface area contributed by atoms with Gasteiger partial charge in [0, 0.05) is 35.8 Å². The Bertz CT molecular complexity index is 1220. The van der Waals surface area contributed by atoms with Crippen molar-refractivity contribution in [3.8, 4) is 5.75 Å². The molecule has 2 aromatic rings. The van der Waals surface area contributed by atoms with Gasteiger partial charge in [-0.2, -0.15) is 4.48 Å². The topological polar surface area (TPSA) is 108 Å². The molecule has 0 saturated carbocycles. The van der Waals surface area contributed by atoms with Gasteiger partial charge in [-0.1, -0.05) is 23.2 Å². The first kappa shape index (κ1) is 27.2. The molecule has 11 heteroatoms. The van der Waals surface area contributed by atoms with Crippen molar-refractivity contribution in [3.63, 3.8) is 0 Å². The van der Waals surface area contributed by atoms with E-state index in [2.05, 4.69) is 4.99 Å². The maximum atomic E-state index is 12.5. The van der Waals surface area contributed by atoms with Gasteiger partial charge in [-0.15, -0.1) is 0 Å². The molecule has 190 valence electrons. The molecule has 2 amide bonds. The average molecular weight is 534 g/mol. The van der Waals surface area contributed by atoms with Gasteiger partial charge in [-0.05, 0) is 51.1 Å². The van der Waals surface area contributed by atoms with Gasteiger partial charge in [0.1, 0.15) is 23.2 Å². The molecule has 36 heavy (non-hydrogen) atoms. The summed E-state index contributed by atoms with van der Waals surface area (Å²) < 4.78 is 9.90. The molecule has 1 aliphatic heterocycles. The molecule has 0 aliphatic carbocycles. The van der Waals surface area contributed by atoms with Crippen molar-refractivity contribution in [1.29, 1.82) is 0 Å². The van der Waals surface area contributed by atoms with Gasteiger partial charge in [0.25, 0.3) is 6.09 Å². The van der Waals surface area contributed by atoms with Crippen LogP contribution in [0.4, 0.5) is 15.3 Å². The predicted octanol–water partition coefficient (Wildman–Crippen LogP) is 5.00. The van der Waals surface area contributed by atoms with E-state index in [0.29, 0.717) is 5.69 Å². The SMILES string of the molecule is CN(CCC1=NC=C[N+]1(C(=O)[O-])c1ccc(OC(=O)c2cc(Cl)cc(Cl)c2)cc1)C(=O)OC(C)(C)C. The van der Waals surface area contributed by atoms with Gasteiger partial charge in [-0.25, -0.2) is 14.6 Å². The molecule has 1 heterocycles. The number of hydrogen-bond acceptors (Lipinski definition) is 7. The summed E-state index contributed by atoms with van der Waals surface area (Å²) in [5, 5.41) is 12.9. The van der Waals surface area contributed by atoms with Crippen LogP contribution in [0.25, 0.3) is 0 Å². The van der Waals surface area contributed by atoms with Gasteiger partial charge >= 0.3 is 12.1 Å². The van der Waals surface area contributed by atoms with Crippen LogP contribution in [-0.2, 0) is 4.74 Å². The number of rotatable bonds is 6. The summed E-state index contributed by atoms with van der Waals surface area (Å²) in [6.45, 7) is 5.44. The van der Waals surface area contributed by atoms with E-state index in [-0.39, 0.29) is 40.2 Å². The first-order valence-electron chi connectivity index (χ1n) is 10.9. The van der Waals surface area contributed by atoms with E-state index in [4.69, 9.17) is 32.7 Å². The van der Waals surface area contributed by atoms with Crippen LogP contribution in [0.5, 0.6) is 5.75 Å². The predicted molar refractivity (Wildman–Crippen MR) is 135 cm³/mol. The lowest BCUT2D eigenvalue weighted by molar-refractivity contribution is -0.257. The normalized spacial score (nSPS) is 16.9. The number of hydrogen-bond donors (Lipinski definition) is 0. The highest BCUT2D eigenvalue weighted by Crippen LogP contribution is 2.31. The van der Waals surface area contributed by atoms with Gasteiger partial charge < -0.3 is 24.3 Å². The van der Waals surface area contributed by atoms with Crippen molar-refractivity contribution in [1.82, 2.24) is 9.38 Å². The molecular weight excluding hydrogens is 509 g/mol. The van der Waals surface area contributed by atoms with E-state index < -0.39 is 28.2 Å². The number of amidine groups is 1. The van der Waals surface area contributed by atoms with Crippen molar-refractivity contribution in [2.45, 2.75) is 32.8 Å². The van der Waals surface area contributed by atoms with E-state index in [1.54, 1.807) is 27.8 Å². The van der Waals surface area contributed by atoms with Gasteiger partial charge in [0.05, 0.1) is 18.2 Å². The van der Waals surface area contributed by atoms with Gasteiger partial charge in [0.2, 0.25) is 5.84 Å². The zero-order chi connectivity index (χ0) is 26.7. The van der Waals surface area contributed by atoms with E-state index in [1.165, 1.54) is 59.8 Å². The second-order valence-corrected chi connectivity index (χ2v) is 9.90. The summed E-state index contributed by atoms with van der Waals surface area (Å²) in [7, 11) is 1.56. The Kier molecular flexibility index (Phi) is 8.08. The van der Waals surface area contributed by atoms with Crippen molar-refractivity contribution in [2.75, 3.05) is 13.6 Å². The largest absolute Gasteiger partial charge is 0.497 e. The number of ether oxygens (including phenoxy) is 2. The zero-order valence-corrected chi connectivity index (χ0v) is 21.7. The van der Waals surface area contributed by atoms with Crippen molar-refractivity contribution in [3.05, 3.63) is 70.5 Å². The number of esters is 1. The number of halogens is 2. The van der Waals surface area contributed by atoms with Crippen LogP contribution >= 0.6 is 23.2 Å². The molecule has 3 rings (SSSR count). The zero-order valence-electron chi connectivity index (χ0n) is 20.2. The highest BCUT2D eigenvalue weighted by atomic mass is 35.5. The summed E-state index contributed by atoms with van der Waals surface area (Å²) in [5.41, 5.74) is -0.193. The number of nitrogens with zero attached hydrogens (tertiary/aromatic N) is 3. The Hall–Kier alpha value is -3.40. The molecule has 0 spiro atoms. The number of amides is 2. The van der Waals surface area contributed by atoms with Gasteiger partial charge in [-0.3, -0.25) is 0 Å². The third-order valence-electron chi connectivity index (χ3n) is 5.14. The highest BCUT2D eigenvalue weighted by Gasteiger charge is 2.41. The monoisotopic (exact) mass is 533 g/mol. The third kappa shape index (κ3) is 6.23. The minimum Gasteiger partial charge on any atom is -0.497 e. The fourth-order valence-corrected chi connectivity index (χ4v) is 3.96. The minimum atomic E-state index is -1.43. The van der Waals surface area contributed by atoms with Crippen LogP contribution in [0.1, 0.15) is 37.6 Å². The Balaban J connectivity index is 1.75. The number of carbonyl (C=O) groups excluding carboxylic acids is 3. The van der Waals surface area contributed by atoms with Crippen molar-refractivity contribution >= 4 is 52.9 Å². The summed E-state index contributed by atoms with van der Waals surface area (Å²) in [6.07, 6.45) is 0.916. The molecule has 2 aromatic carbocycles. The smallest absolute Gasteiger partial charge is 0.410 e. The lowest BCUT2D eigenvalue weighted by Gasteiger charge is -2.32. The molecule has 1 aliphatic rings. The van der Waals surface area contributed by atoms with E-state index in [0.717, 1.165) is 0 Å². The Morgan fingerprint density at radius 3 is 2.22 bits per heavy atom. The standard InChI is InChI=1S/C25H25Cl2N3O6/c1-25(2,3)36-23(32)29(4)11-9-21-28-10-12-30(21,24(33)34)19-5-7-20(8-6-19)35-22(31)16-13-17(26)15-18(27)14-16/h5-8,10,12-15H,9,11H2,1-4H3. The molecule has 0 radical (unpaired) electrons. The summed E-state index contributed by atoms with van der Waals surface area (Å²) >= 11 is 11.9. The Morgan fingerprint density at radius 2 is 1.67 bits per heavy atom. The Morgan fingerprint density at radius 1 is 1.06 bits per heavy atom. The summed E-state index contributed by atoms with van der Waals surface area (Å²) in [5.74, 6) is -0.254. The Labute approximate surface area is 218 Å². The maximum absolute atomic E-state index is 12.5. The quantitative estimate of drug-likeness (QED) is 0.293. The van der Waals surface area contributed by atoms with Crippen LogP contribution in [0.3, 0.4) is 0 Å². The molecule has 0 fully saturated rings. The van der Waals surface area contributed by atoms with Crippen LogP contribution in [0.2, 0.25) is 10.0 Å². The molecule has 0 saturated heterocycles.